The zero-order valence-electron chi connectivity index (χ0n) is 12.2. The zero-order chi connectivity index (χ0) is 14.6. The van der Waals surface area contributed by atoms with Crippen molar-refractivity contribution in [1.82, 2.24) is 15.1 Å². The average Bonchev–Trinajstić information content (AvgIpc) is 2.67. The summed E-state index contributed by atoms with van der Waals surface area (Å²) in [6.45, 7) is 4.87. The number of aliphatic hydroxyl groups excluding tert-OH is 1. The molecule has 6 nitrogen and oxygen atoms in total. The van der Waals surface area contributed by atoms with E-state index in [1.54, 1.807) is 0 Å². The van der Waals surface area contributed by atoms with Gasteiger partial charge < -0.3 is 15.3 Å². The second kappa shape index (κ2) is 6.54. The molecule has 2 saturated heterocycles. The Morgan fingerprint density at radius 1 is 1.20 bits per heavy atom. The molecule has 2 fully saturated rings. The molecule has 0 aromatic carbocycles. The minimum absolute atomic E-state index is 0.0899. The number of carbonyl (C=O) groups is 2. The van der Waals surface area contributed by atoms with Gasteiger partial charge in [0.15, 0.2) is 0 Å². The van der Waals surface area contributed by atoms with Crippen molar-refractivity contribution in [2.45, 2.75) is 44.6 Å². The third-order valence-corrected chi connectivity index (χ3v) is 4.36. The number of hydrogen-bond donors (Lipinski definition) is 2. The summed E-state index contributed by atoms with van der Waals surface area (Å²) in [5.41, 5.74) is -0.715. The van der Waals surface area contributed by atoms with Gasteiger partial charge in [0.05, 0.1) is 13.2 Å². The highest BCUT2D eigenvalue weighted by Gasteiger charge is 2.51. The summed E-state index contributed by atoms with van der Waals surface area (Å²) in [6.07, 6.45) is 4.99. The molecule has 3 amide bonds. The molecule has 0 aliphatic carbocycles. The Labute approximate surface area is 120 Å². The number of nitrogens with zero attached hydrogens (tertiary/aromatic N) is 2. The Morgan fingerprint density at radius 3 is 2.50 bits per heavy atom. The number of likely N-dealkylation sites (tertiary alicyclic amines) is 1. The van der Waals surface area contributed by atoms with Gasteiger partial charge in [0.2, 0.25) is 0 Å². The van der Waals surface area contributed by atoms with Crippen molar-refractivity contribution in [2.24, 2.45) is 0 Å². The lowest BCUT2D eigenvalue weighted by Gasteiger charge is -2.37. The third kappa shape index (κ3) is 2.96. The summed E-state index contributed by atoms with van der Waals surface area (Å²) < 4.78 is 0. The van der Waals surface area contributed by atoms with Crippen LogP contribution in [0.1, 0.15) is 39.0 Å². The maximum absolute atomic E-state index is 12.4. The molecule has 2 heterocycles. The van der Waals surface area contributed by atoms with Crippen molar-refractivity contribution < 1.29 is 14.7 Å². The minimum Gasteiger partial charge on any atom is -0.395 e. The predicted molar refractivity (Wildman–Crippen MR) is 75.3 cm³/mol. The number of rotatable bonds is 6. The molecule has 2 N–H and O–H groups in total. The standard InChI is InChI=1S/C14H25N3O3/c1-2-3-4-7-16-8-5-14(6-9-16)12(19)17(10-11-18)13(20)15-14/h18H,2-11H2,1H3,(H,15,20). The van der Waals surface area contributed by atoms with Crippen LogP contribution in [0.5, 0.6) is 0 Å². The third-order valence-electron chi connectivity index (χ3n) is 4.36. The number of β-amino-alcohol motifs (C(OH)–C–C–N with tert-alkyl or cyclic N) is 1. The normalized spacial score (nSPS) is 22.6. The number of nitrogens with one attached hydrogen (secondary N) is 1. The molecular weight excluding hydrogens is 258 g/mol. The molecule has 0 bridgehead atoms. The number of carbonyl (C=O) groups excluding carboxylic acids is 2. The number of unbranched alkanes of at least 4 members (excludes halogenated alkanes) is 2. The van der Waals surface area contributed by atoms with Crippen molar-refractivity contribution in [1.29, 1.82) is 0 Å². The van der Waals surface area contributed by atoms with Crippen molar-refractivity contribution in [3.8, 4) is 0 Å². The Bertz CT molecular complexity index is 365. The topological polar surface area (TPSA) is 72.9 Å². The largest absolute Gasteiger partial charge is 0.395 e. The van der Waals surface area contributed by atoms with E-state index in [4.69, 9.17) is 5.11 Å². The van der Waals surface area contributed by atoms with E-state index >= 15 is 0 Å². The van der Waals surface area contributed by atoms with Gasteiger partial charge in [-0.2, -0.15) is 0 Å². The maximum atomic E-state index is 12.4. The van der Waals surface area contributed by atoms with Crippen LogP contribution < -0.4 is 5.32 Å². The molecule has 0 radical (unpaired) electrons. The zero-order valence-corrected chi connectivity index (χ0v) is 12.2. The fourth-order valence-corrected chi connectivity index (χ4v) is 3.06. The molecule has 6 heteroatoms. The Hall–Kier alpha value is -1.14. The van der Waals surface area contributed by atoms with Gasteiger partial charge in [-0.05, 0) is 25.8 Å². The molecule has 2 rings (SSSR count). The van der Waals surface area contributed by atoms with Gasteiger partial charge in [0.25, 0.3) is 5.91 Å². The van der Waals surface area contributed by atoms with Crippen LogP contribution in [0, 0.1) is 0 Å². The minimum atomic E-state index is -0.715. The summed E-state index contributed by atoms with van der Waals surface area (Å²) in [4.78, 5) is 27.7. The first-order valence-corrected chi connectivity index (χ1v) is 7.60. The van der Waals surface area contributed by atoms with E-state index in [9.17, 15) is 9.59 Å². The number of imide groups is 1. The monoisotopic (exact) mass is 283 g/mol. The lowest BCUT2D eigenvalue weighted by molar-refractivity contribution is -0.133. The van der Waals surface area contributed by atoms with Crippen LogP contribution in [-0.4, -0.2) is 65.2 Å². The van der Waals surface area contributed by atoms with E-state index in [0.29, 0.717) is 12.8 Å². The van der Waals surface area contributed by atoms with E-state index in [0.717, 1.165) is 24.5 Å². The number of aliphatic hydroxyl groups is 1. The molecule has 1 spiro atoms. The van der Waals surface area contributed by atoms with E-state index in [1.807, 2.05) is 0 Å². The van der Waals surface area contributed by atoms with Gasteiger partial charge in [0.1, 0.15) is 5.54 Å². The first-order chi connectivity index (χ1) is 9.63. The van der Waals surface area contributed by atoms with Gasteiger partial charge in [-0.15, -0.1) is 0 Å². The fraction of sp³-hybridized carbons (Fsp3) is 0.857. The molecule has 2 aliphatic rings. The fourth-order valence-electron chi connectivity index (χ4n) is 3.06. The molecule has 0 atom stereocenters. The molecule has 0 aromatic heterocycles. The van der Waals surface area contributed by atoms with Crippen LogP contribution in [0.4, 0.5) is 4.79 Å². The Morgan fingerprint density at radius 2 is 1.90 bits per heavy atom. The van der Waals surface area contributed by atoms with E-state index in [2.05, 4.69) is 17.1 Å². The highest BCUT2D eigenvalue weighted by Crippen LogP contribution is 2.29. The summed E-state index contributed by atoms with van der Waals surface area (Å²) in [5, 5.41) is 11.8. The highest BCUT2D eigenvalue weighted by atomic mass is 16.3. The summed E-state index contributed by atoms with van der Waals surface area (Å²) in [6, 6.07) is -0.358. The molecule has 0 saturated carbocycles. The molecule has 20 heavy (non-hydrogen) atoms. The molecule has 0 aromatic rings. The van der Waals surface area contributed by atoms with Gasteiger partial charge in [-0.25, -0.2) is 4.79 Å². The van der Waals surface area contributed by atoms with Gasteiger partial charge in [-0.1, -0.05) is 19.8 Å². The maximum Gasteiger partial charge on any atom is 0.325 e. The van der Waals surface area contributed by atoms with Crippen molar-refractivity contribution in [2.75, 3.05) is 32.8 Å². The SMILES string of the molecule is CCCCCN1CCC2(CC1)NC(=O)N(CCO)C2=O. The van der Waals surface area contributed by atoms with Crippen molar-refractivity contribution in [3.63, 3.8) is 0 Å². The number of urea groups is 1. The summed E-state index contributed by atoms with van der Waals surface area (Å²) >= 11 is 0. The van der Waals surface area contributed by atoms with Gasteiger partial charge in [0, 0.05) is 13.1 Å². The van der Waals surface area contributed by atoms with Crippen LogP contribution in [-0.2, 0) is 4.79 Å². The molecule has 0 unspecified atom stereocenters. The quantitative estimate of drug-likeness (QED) is 0.552. The smallest absolute Gasteiger partial charge is 0.325 e. The first kappa shape index (κ1) is 15.3. The van der Waals surface area contributed by atoms with Crippen LogP contribution in [0.15, 0.2) is 0 Å². The molecular formula is C14H25N3O3. The van der Waals surface area contributed by atoms with E-state index < -0.39 is 5.54 Å². The number of hydrogen-bond acceptors (Lipinski definition) is 4. The van der Waals surface area contributed by atoms with E-state index in [-0.39, 0.29) is 25.1 Å². The molecule has 2 aliphatic heterocycles. The van der Waals surface area contributed by atoms with E-state index in [1.165, 1.54) is 19.3 Å². The van der Waals surface area contributed by atoms with Crippen molar-refractivity contribution >= 4 is 11.9 Å². The number of piperidine rings is 1. The van der Waals surface area contributed by atoms with Crippen LogP contribution in [0.3, 0.4) is 0 Å². The Kier molecular flexibility index (Phi) is 4.99. The first-order valence-electron chi connectivity index (χ1n) is 7.60. The summed E-state index contributed by atoms with van der Waals surface area (Å²) in [7, 11) is 0. The Balaban J connectivity index is 1.89. The lowest BCUT2D eigenvalue weighted by Crippen LogP contribution is -2.55. The van der Waals surface area contributed by atoms with Crippen LogP contribution in [0.25, 0.3) is 0 Å². The van der Waals surface area contributed by atoms with Crippen LogP contribution in [0.2, 0.25) is 0 Å². The lowest BCUT2D eigenvalue weighted by atomic mass is 9.87. The van der Waals surface area contributed by atoms with Crippen LogP contribution >= 0.6 is 0 Å². The van der Waals surface area contributed by atoms with Gasteiger partial charge in [-0.3, -0.25) is 9.69 Å². The molecule has 114 valence electrons. The second-order valence-corrected chi connectivity index (χ2v) is 5.74. The van der Waals surface area contributed by atoms with Gasteiger partial charge >= 0.3 is 6.03 Å². The highest BCUT2D eigenvalue weighted by molar-refractivity contribution is 6.07. The number of amides is 3. The second-order valence-electron chi connectivity index (χ2n) is 5.74. The van der Waals surface area contributed by atoms with Crippen molar-refractivity contribution in [3.05, 3.63) is 0 Å². The predicted octanol–water partition coefficient (Wildman–Crippen LogP) is 0.555. The average molecular weight is 283 g/mol. The summed E-state index contributed by atoms with van der Waals surface area (Å²) in [5.74, 6) is -0.162.